The van der Waals surface area contributed by atoms with Crippen LogP contribution in [0.1, 0.15) is 11.1 Å². The molecule has 15 rings (SSSR count). The molecule has 14 aromatic rings. The number of nitrogens with zero attached hydrogens (tertiary/aromatic N) is 2. The van der Waals surface area contributed by atoms with Crippen LogP contribution in [0.4, 0.5) is 0 Å². The summed E-state index contributed by atoms with van der Waals surface area (Å²) in [6.07, 6.45) is 0.850. The van der Waals surface area contributed by atoms with Crippen LogP contribution in [-0.2, 0) is 6.42 Å². The topological polar surface area (TPSA) is 23.0 Å². The predicted molar refractivity (Wildman–Crippen MR) is 256 cm³/mol. The molecule has 1 aliphatic carbocycles. The summed E-state index contributed by atoms with van der Waals surface area (Å²) < 4.78 is 17.1. The van der Waals surface area contributed by atoms with Crippen LogP contribution in [0.25, 0.3) is 128 Å². The second-order valence-electron chi connectivity index (χ2n) is 16.3. The van der Waals surface area contributed by atoms with Gasteiger partial charge in [0.15, 0.2) is 0 Å². The van der Waals surface area contributed by atoms with E-state index in [4.69, 9.17) is 4.42 Å². The molecule has 0 unspecified atom stereocenters. The Morgan fingerprint density at radius 3 is 1.60 bits per heavy atom. The molecule has 0 radical (unpaired) electrons. The molecule has 0 atom stereocenters. The first-order valence-corrected chi connectivity index (χ1v) is 22.2. The zero-order valence-electron chi connectivity index (χ0n) is 32.0. The molecule has 5 aromatic heterocycles. The minimum atomic E-state index is 0.850. The average molecular weight is 799 g/mol. The maximum absolute atomic E-state index is 6.84. The third-order valence-electron chi connectivity index (χ3n) is 13.4. The summed E-state index contributed by atoms with van der Waals surface area (Å²) in [4.78, 5) is 0. The van der Waals surface area contributed by atoms with Gasteiger partial charge in [0.25, 0.3) is 0 Å². The normalized spacial score (nSPS) is 12.9. The molecule has 0 aliphatic heterocycles. The van der Waals surface area contributed by atoms with Gasteiger partial charge in [-0.15, -0.1) is 22.7 Å². The van der Waals surface area contributed by atoms with Gasteiger partial charge in [-0.1, -0.05) is 97.1 Å². The van der Waals surface area contributed by atoms with E-state index in [1.165, 1.54) is 117 Å². The Kier molecular flexibility index (Phi) is 5.98. The summed E-state index contributed by atoms with van der Waals surface area (Å²) in [5, 5.41) is 12.9. The van der Waals surface area contributed by atoms with Crippen LogP contribution >= 0.6 is 22.7 Å². The number of rotatable bonds is 2. The Bertz CT molecular complexity index is 4220. The van der Waals surface area contributed by atoms with Crippen LogP contribution in [0.3, 0.4) is 0 Å². The maximum atomic E-state index is 6.84. The van der Waals surface area contributed by atoms with Crippen molar-refractivity contribution in [1.29, 1.82) is 0 Å². The van der Waals surface area contributed by atoms with Crippen molar-refractivity contribution in [2.45, 2.75) is 6.42 Å². The molecule has 0 spiro atoms. The fraction of sp³-hybridized carbons (Fsp3) is 0.0182. The number of furan rings is 1. The second-order valence-corrected chi connectivity index (χ2v) is 18.4. The van der Waals surface area contributed by atoms with Crippen molar-refractivity contribution in [3.05, 3.63) is 181 Å². The van der Waals surface area contributed by atoms with Gasteiger partial charge in [0.05, 0.1) is 22.1 Å². The minimum absolute atomic E-state index is 0.850. The van der Waals surface area contributed by atoms with Crippen molar-refractivity contribution in [3.8, 4) is 22.5 Å². The molecule has 3 nitrogen and oxygen atoms in total. The van der Waals surface area contributed by atoms with Gasteiger partial charge in [-0.3, -0.25) is 0 Å². The third kappa shape index (κ3) is 3.99. The molecule has 0 fully saturated rings. The molecule has 0 saturated carbocycles. The van der Waals surface area contributed by atoms with Crippen LogP contribution in [-0.4, -0.2) is 9.13 Å². The molecule has 0 bridgehead atoms. The monoisotopic (exact) mass is 798 g/mol. The van der Waals surface area contributed by atoms with Gasteiger partial charge < -0.3 is 13.6 Å². The number of hydrogen-bond donors (Lipinski definition) is 0. The van der Waals surface area contributed by atoms with E-state index in [2.05, 4.69) is 179 Å². The van der Waals surface area contributed by atoms with E-state index in [0.29, 0.717) is 0 Å². The van der Waals surface area contributed by atoms with Crippen LogP contribution < -0.4 is 0 Å². The van der Waals surface area contributed by atoms with Crippen LogP contribution in [0, 0.1) is 0 Å². The lowest BCUT2D eigenvalue weighted by atomic mass is 10.0. The van der Waals surface area contributed by atoms with Gasteiger partial charge in [0, 0.05) is 96.0 Å². The highest BCUT2D eigenvalue weighted by Crippen LogP contribution is 2.48. The zero-order valence-corrected chi connectivity index (χ0v) is 33.6. The average Bonchev–Trinajstić information content (AvgIpc) is 4.14. The molecule has 0 amide bonds. The van der Waals surface area contributed by atoms with Gasteiger partial charge in [0.1, 0.15) is 11.2 Å². The van der Waals surface area contributed by atoms with E-state index in [9.17, 15) is 0 Å². The van der Waals surface area contributed by atoms with Gasteiger partial charge in [-0.05, 0) is 89.5 Å². The maximum Gasteiger partial charge on any atom is 0.139 e. The number of para-hydroxylation sites is 2. The van der Waals surface area contributed by atoms with E-state index in [-0.39, 0.29) is 0 Å². The molecule has 60 heavy (non-hydrogen) atoms. The first kappa shape index (κ1) is 31.8. The highest BCUT2D eigenvalue weighted by atomic mass is 32.1. The molecular weight excluding hydrogens is 769 g/mol. The molecule has 0 saturated heterocycles. The number of fused-ring (bicyclic) bond motifs is 21. The molecule has 5 heteroatoms. The van der Waals surface area contributed by atoms with Gasteiger partial charge >= 0.3 is 0 Å². The lowest BCUT2D eigenvalue weighted by Gasteiger charge is -2.11. The van der Waals surface area contributed by atoms with Crippen LogP contribution in [0.5, 0.6) is 0 Å². The fourth-order valence-corrected chi connectivity index (χ4v) is 13.3. The lowest BCUT2D eigenvalue weighted by Crippen LogP contribution is -1.94. The summed E-state index contributed by atoms with van der Waals surface area (Å²) in [5.41, 5.74) is 14.3. The van der Waals surface area contributed by atoms with E-state index >= 15 is 0 Å². The third-order valence-corrected chi connectivity index (χ3v) is 15.8. The number of thiophene rings is 2. The Labute approximate surface area is 350 Å². The lowest BCUT2D eigenvalue weighted by molar-refractivity contribution is 0.665. The molecule has 278 valence electrons. The molecule has 0 N–H and O–H groups in total. The number of benzene rings is 9. The van der Waals surface area contributed by atoms with Crippen molar-refractivity contribution in [3.63, 3.8) is 0 Å². The minimum Gasteiger partial charge on any atom is -0.456 e. The highest BCUT2D eigenvalue weighted by Gasteiger charge is 2.26. The van der Waals surface area contributed by atoms with Gasteiger partial charge in [-0.25, -0.2) is 0 Å². The van der Waals surface area contributed by atoms with Gasteiger partial charge in [0.2, 0.25) is 0 Å². The highest BCUT2D eigenvalue weighted by molar-refractivity contribution is 7.27. The first-order chi connectivity index (χ1) is 29.7. The first-order valence-electron chi connectivity index (χ1n) is 20.5. The summed E-state index contributed by atoms with van der Waals surface area (Å²) in [6, 6.07) is 63.0. The Morgan fingerprint density at radius 1 is 0.400 bits per heavy atom. The van der Waals surface area contributed by atoms with E-state index in [1.807, 2.05) is 22.7 Å². The van der Waals surface area contributed by atoms with Gasteiger partial charge in [-0.2, -0.15) is 0 Å². The van der Waals surface area contributed by atoms with Crippen LogP contribution in [0.15, 0.2) is 174 Å². The van der Waals surface area contributed by atoms with E-state index in [1.54, 1.807) is 0 Å². The molecular formula is C55H30N2OS2. The summed E-state index contributed by atoms with van der Waals surface area (Å²) in [5.74, 6) is 0. The summed E-state index contributed by atoms with van der Waals surface area (Å²) in [6.45, 7) is 0. The molecule has 9 aromatic carbocycles. The van der Waals surface area contributed by atoms with E-state index < -0.39 is 0 Å². The largest absolute Gasteiger partial charge is 0.456 e. The predicted octanol–water partition coefficient (Wildman–Crippen LogP) is 16.1. The SMILES string of the molecule is c1ccc2c(c1)sc1c2ccc2c1c1ccccc1n2-c1ccc2c(c1)-c1ccc3c(oc4ccc(-n5c6ccccc6c6c7sc8ccccc8c7ccc65)cc43)c1C2. The molecule has 5 heterocycles. The number of aromatic nitrogens is 2. The van der Waals surface area contributed by atoms with Crippen molar-refractivity contribution in [2.75, 3.05) is 0 Å². The fourth-order valence-electron chi connectivity index (χ4n) is 10.8. The standard InChI is InChI=1S/C55H30N2OS2/c1-5-13-44-39(11-1)51-46(24-22-37-34-9-3-7-15-49(34)59-54(37)51)56(44)31-18-17-30-27-43-33(41(30)28-31)20-21-36-42-29-32(19-26-48(42)58-53(36)43)57-45-14-6-2-12-40(45)52-47(57)25-23-38-35-10-4-8-16-50(35)60-55(38)52/h1-26,28-29H,27H2. The smallest absolute Gasteiger partial charge is 0.139 e. The van der Waals surface area contributed by atoms with Crippen molar-refractivity contribution < 1.29 is 4.42 Å². The quantitative estimate of drug-likeness (QED) is 0.171. The Hall–Kier alpha value is -7.18. The van der Waals surface area contributed by atoms with Crippen molar-refractivity contribution in [1.82, 2.24) is 9.13 Å². The summed E-state index contributed by atoms with van der Waals surface area (Å²) >= 11 is 3.80. The van der Waals surface area contributed by atoms with Crippen molar-refractivity contribution in [2.24, 2.45) is 0 Å². The zero-order chi connectivity index (χ0) is 38.8. The number of hydrogen-bond acceptors (Lipinski definition) is 3. The van der Waals surface area contributed by atoms with Crippen molar-refractivity contribution >= 4 is 129 Å². The van der Waals surface area contributed by atoms with E-state index in [0.717, 1.165) is 28.7 Å². The Morgan fingerprint density at radius 2 is 0.950 bits per heavy atom. The Balaban J connectivity index is 0.894. The van der Waals surface area contributed by atoms with Crippen LogP contribution in [0.2, 0.25) is 0 Å². The summed E-state index contributed by atoms with van der Waals surface area (Å²) in [7, 11) is 0. The molecule has 1 aliphatic rings. The second kappa shape index (κ2) is 11.3.